The minimum absolute atomic E-state index is 0.0985. The van der Waals surface area contributed by atoms with Crippen LogP contribution in [0.15, 0.2) is 0 Å². The van der Waals surface area contributed by atoms with E-state index >= 15 is 0 Å². The van der Waals surface area contributed by atoms with Crippen LogP contribution >= 0.6 is 0 Å². The van der Waals surface area contributed by atoms with Crippen LogP contribution in [0, 0.1) is 5.92 Å². The van der Waals surface area contributed by atoms with Crippen molar-refractivity contribution in [3.63, 3.8) is 0 Å². The Morgan fingerprint density at radius 3 is 2.36 bits per heavy atom. The van der Waals surface area contributed by atoms with Crippen LogP contribution in [0.5, 0.6) is 0 Å². The molecule has 1 heterocycles. The summed E-state index contributed by atoms with van der Waals surface area (Å²) in [5, 5.41) is 2.95. The molecule has 5 nitrogen and oxygen atoms in total. The molecule has 2 aliphatic rings. The van der Waals surface area contributed by atoms with Crippen LogP contribution in [0.25, 0.3) is 0 Å². The van der Waals surface area contributed by atoms with Crippen LogP contribution in [-0.4, -0.2) is 60.4 Å². The zero-order valence-electron chi connectivity index (χ0n) is 14.1. The van der Waals surface area contributed by atoms with Crippen molar-refractivity contribution in [2.24, 2.45) is 5.92 Å². The molecular weight excluding hydrogens is 278 g/mol. The van der Waals surface area contributed by atoms with E-state index in [2.05, 4.69) is 17.1 Å². The van der Waals surface area contributed by atoms with E-state index in [0.717, 1.165) is 45.6 Å². The molecule has 1 aliphatic carbocycles. The minimum atomic E-state index is -0.0985. The molecular formula is C17H31N3O2. The van der Waals surface area contributed by atoms with E-state index in [1.165, 1.54) is 25.7 Å². The highest BCUT2D eigenvalue weighted by atomic mass is 16.2. The van der Waals surface area contributed by atoms with Gasteiger partial charge in [-0.1, -0.05) is 19.8 Å². The quantitative estimate of drug-likeness (QED) is 0.811. The van der Waals surface area contributed by atoms with Gasteiger partial charge >= 0.3 is 0 Å². The summed E-state index contributed by atoms with van der Waals surface area (Å²) in [6.07, 6.45) is 6.71. The third-order valence-corrected chi connectivity index (χ3v) is 5.08. The summed E-state index contributed by atoms with van der Waals surface area (Å²) in [6, 6.07) is -0.0985. The second-order valence-corrected chi connectivity index (χ2v) is 6.74. The fourth-order valence-corrected chi connectivity index (χ4v) is 3.51. The maximum absolute atomic E-state index is 12.3. The predicted molar refractivity (Wildman–Crippen MR) is 87.5 cm³/mol. The Morgan fingerprint density at radius 2 is 1.77 bits per heavy atom. The van der Waals surface area contributed by atoms with Crippen molar-refractivity contribution in [1.82, 2.24) is 15.1 Å². The standard InChI is InChI=1S/C17H31N3O2/c1-3-8-18-17(22)14(2)19-9-11-20(12-10-19)16(21)13-15-6-4-5-7-15/h14-15H,3-13H2,1-2H3,(H,18,22)/t14-/m1/s1. The number of carbonyl (C=O) groups is 2. The van der Waals surface area contributed by atoms with E-state index in [4.69, 9.17) is 0 Å². The van der Waals surface area contributed by atoms with Crippen LogP contribution in [0.2, 0.25) is 0 Å². The SMILES string of the molecule is CCCNC(=O)[C@@H](C)N1CCN(C(=O)CC2CCCC2)CC1. The van der Waals surface area contributed by atoms with Crippen molar-refractivity contribution in [2.75, 3.05) is 32.7 Å². The molecule has 0 aromatic carbocycles. The number of nitrogens with one attached hydrogen (secondary N) is 1. The van der Waals surface area contributed by atoms with Gasteiger partial charge in [0, 0.05) is 39.1 Å². The Morgan fingerprint density at radius 1 is 1.14 bits per heavy atom. The third kappa shape index (κ3) is 4.70. The summed E-state index contributed by atoms with van der Waals surface area (Å²) in [4.78, 5) is 28.5. The first-order valence-electron chi connectivity index (χ1n) is 8.91. The summed E-state index contributed by atoms with van der Waals surface area (Å²) in [7, 11) is 0. The van der Waals surface area contributed by atoms with Crippen LogP contribution in [0.4, 0.5) is 0 Å². The molecule has 22 heavy (non-hydrogen) atoms. The van der Waals surface area contributed by atoms with Crippen LogP contribution < -0.4 is 5.32 Å². The molecule has 1 atom stereocenters. The molecule has 126 valence electrons. The van der Waals surface area contributed by atoms with E-state index < -0.39 is 0 Å². The predicted octanol–water partition coefficient (Wildman–Crippen LogP) is 1.63. The van der Waals surface area contributed by atoms with Crippen LogP contribution in [-0.2, 0) is 9.59 Å². The summed E-state index contributed by atoms with van der Waals surface area (Å²) < 4.78 is 0. The second-order valence-electron chi connectivity index (χ2n) is 6.74. The van der Waals surface area contributed by atoms with Crippen molar-refractivity contribution in [2.45, 2.75) is 58.4 Å². The Hall–Kier alpha value is -1.10. The van der Waals surface area contributed by atoms with E-state index in [1.807, 2.05) is 11.8 Å². The van der Waals surface area contributed by atoms with Crippen molar-refractivity contribution in [1.29, 1.82) is 0 Å². The highest BCUT2D eigenvalue weighted by Crippen LogP contribution is 2.28. The zero-order chi connectivity index (χ0) is 15.9. The molecule has 0 aromatic heterocycles. The van der Waals surface area contributed by atoms with E-state index in [-0.39, 0.29) is 11.9 Å². The van der Waals surface area contributed by atoms with Crippen molar-refractivity contribution < 1.29 is 9.59 Å². The van der Waals surface area contributed by atoms with Gasteiger partial charge in [-0.15, -0.1) is 0 Å². The molecule has 0 bridgehead atoms. The lowest BCUT2D eigenvalue weighted by molar-refractivity contribution is -0.135. The Bertz CT molecular complexity index is 372. The first-order valence-corrected chi connectivity index (χ1v) is 8.91. The van der Waals surface area contributed by atoms with Crippen molar-refractivity contribution in [3.05, 3.63) is 0 Å². The topological polar surface area (TPSA) is 52.7 Å². The number of hydrogen-bond donors (Lipinski definition) is 1. The monoisotopic (exact) mass is 309 g/mol. The van der Waals surface area contributed by atoms with Gasteiger partial charge in [0.2, 0.25) is 11.8 Å². The average Bonchev–Trinajstić information content (AvgIpc) is 3.05. The molecule has 1 N–H and O–H groups in total. The molecule has 5 heteroatoms. The number of amides is 2. The number of carbonyl (C=O) groups excluding carboxylic acids is 2. The van der Waals surface area contributed by atoms with E-state index in [9.17, 15) is 9.59 Å². The molecule has 1 aliphatic heterocycles. The molecule has 0 radical (unpaired) electrons. The van der Waals surface area contributed by atoms with Gasteiger partial charge in [-0.2, -0.15) is 0 Å². The number of piperazine rings is 1. The van der Waals surface area contributed by atoms with Crippen molar-refractivity contribution >= 4 is 11.8 Å². The van der Waals surface area contributed by atoms with Gasteiger partial charge in [-0.3, -0.25) is 14.5 Å². The lowest BCUT2D eigenvalue weighted by Gasteiger charge is -2.37. The number of hydrogen-bond acceptors (Lipinski definition) is 3. The lowest BCUT2D eigenvalue weighted by Crippen LogP contribution is -2.55. The van der Waals surface area contributed by atoms with Crippen LogP contribution in [0.1, 0.15) is 52.4 Å². The molecule has 2 rings (SSSR count). The highest BCUT2D eigenvalue weighted by molar-refractivity contribution is 5.81. The van der Waals surface area contributed by atoms with Crippen LogP contribution in [0.3, 0.4) is 0 Å². The number of nitrogens with zero attached hydrogens (tertiary/aromatic N) is 2. The molecule has 1 saturated heterocycles. The number of rotatable bonds is 6. The first-order chi connectivity index (χ1) is 10.6. The Kier molecular flexibility index (Phi) is 6.68. The maximum Gasteiger partial charge on any atom is 0.237 e. The van der Waals surface area contributed by atoms with Gasteiger partial charge in [0.05, 0.1) is 6.04 Å². The summed E-state index contributed by atoms with van der Waals surface area (Å²) in [6.45, 7) is 7.88. The minimum Gasteiger partial charge on any atom is -0.355 e. The second kappa shape index (κ2) is 8.51. The molecule has 2 amide bonds. The summed E-state index contributed by atoms with van der Waals surface area (Å²) in [5.41, 5.74) is 0. The summed E-state index contributed by atoms with van der Waals surface area (Å²) in [5.74, 6) is 1.03. The fourth-order valence-electron chi connectivity index (χ4n) is 3.51. The third-order valence-electron chi connectivity index (χ3n) is 5.08. The molecule has 1 saturated carbocycles. The summed E-state index contributed by atoms with van der Waals surface area (Å²) >= 11 is 0. The van der Waals surface area contributed by atoms with Gasteiger partial charge in [0.1, 0.15) is 0 Å². The highest BCUT2D eigenvalue weighted by Gasteiger charge is 2.28. The maximum atomic E-state index is 12.3. The lowest BCUT2D eigenvalue weighted by atomic mass is 10.0. The van der Waals surface area contributed by atoms with Gasteiger partial charge in [0.15, 0.2) is 0 Å². The zero-order valence-corrected chi connectivity index (χ0v) is 14.1. The van der Waals surface area contributed by atoms with E-state index in [0.29, 0.717) is 11.8 Å². The average molecular weight is 309 g/mol. The van der Waals surface area contributed by atoms with E-state index in [1.54, 1.807) is 0 Å². The normalized spacial score (nSPS) is 21.8. The molecule has 0 unspecified atom stereocenters. The smallest absolute Gasteiger partial charge is 0.237 e. The Balaban J connectivity index is 1.72. The fraction of sp³-hybridized carbons (Fsp3) is 0.882. The van der Waals surface area contributed by atoms with Gasteiger partial charge in [0.25, 0.3) is 0 Å². The van der Waals surface area contributed by atoms with Gasteiger partial charge < -0.3 is 10.2 Å². The molecule has 2 fully saturated rings. The van der Waals surface area contributed by atoms with Gasteiger partial charge in [-0.25, -0.2) is 0 Å². The largest absolute Gasteiger partial charge is 0.355 e. The van der Waals surface area contributed by atoms with Crippen molar-refractivity contribution in [3.8, 4) is 0 Å². The van der Waals surface area contributed by atoms with Gasteiger partial charge in [-0.05, 0) is 32.1 Å². The molecule has 0 spiro atoms. The molecule has 0 aromatic rings. The Labute approximate surface area is 134 Å². The first kappa shape index (κ1) is 17.3.